The Hall–Kier alpha value is -0.830. The van der Waals surface area contributed by atoms with E-state index in [1.165, 1.54) is 0 Å². The number of aryl methyl sites for hydroxylation is 1. The summed E-state index contributed by atoms with van der Waals surface area (Å²) in [5.41, 5.74) is 0.659. The molecule has 17 heavy (non-hydrogen) atoms. The fourth-order valence-corrected chi connectivity index (χ4v) is 2.96. The fourth-order valence-electron chi connectivity index (χ4n) is 2.96. The third-order valence-electron chi connectivity index (χ3n) is 4.20. The number of aliphatic hydroxyl groups is 1. The minimum Gasteiger partial charge on any atom is -0.390 e. The van der Waals surface area contributed by atoms with Crippen LogP contribution >= 0.6 is 0 Å². The molecular formula is C14H24N2O. The van der Waals surface area contributed by atoms with Gasteiger partial charge in [0.2, 0.25) is 0 Å². The van der Waals surface area contributed by atoms with Crippen molar-refractivity contribution in [2.75, 3.05) is 0 Å². The van der Waals surface area contributed by atoms with Gasteiger partial charge in [0.15, 0.2) is 0 Å². The summed E-state index contributed by atoms with van der Waals surface area (Å²) >= 11 is 0. The van der Waals surface area contributed by atoms with Crippen LogP contribution < -0.4 is 0 Å². The van der Waals surface area contributed by atoms with E-state index in [0.717, 1.165) is 49.5 Å². The standard InChI is InChI=1S/C14H24N2O/c1-11(2)13-4-6-14(17,7-5-13)8-12-9-15-16(3)10-12/h9-11,13,17H,4-8H2,1-3H3. The predicted molar refractivity (Wildman–Crippen MR) is 68.7 cm³/mol. The van der Waals surface area contributed by atoms with E-state index in [9.17, 15) is 5.11 Å². The van der Waals surface area contributed by atoms with Crippen molar-refractivity contribution in [3.63, 3.8) is 0 Å². The summed E-state index contributed by atoms with van der Waals surface area (Å²) in [6.07, 6.45) is 8.82. The van der Waals surface area contributed by atoms with Gasteiger partial charge in [-0.15, -0.1) is 0 Å². The summed E-state index contributed by atoms with van der Waals surface area (Å²) in [6.45, 7) is 4.58. The highest BCUT2D eigenvalue weighted by molar-refractivity contribution is 5.09. The average molecular weight is 236 g/mol. The SMILES string of the molecule is CC(C)C1CCC(O)(Cc2cnn(C)c2)CC1. The lowest BCUT2D eigenvalue weighted by molar-refractivity contribution is -0.0146. The number of nitrogens with zero attached hydrogens (tertiary/aromatic N) is 2. The highest BCUT2D eigenvalue weighted by Crippen LogP contribution is 2.37. The van der Waals surface area contributed by atoms with E-state index in [0.29, 0.717) is 0 Å². The van der Waals surface area contributed by atoms with E-state index in [1.807, 2.05) is 19.4 Å². The van der Waals surface area contributed by atoms with Crippen molar-refractivity contribution < 1.29 is 5.11 Å². The number of hydrogen-bond acceptors (Lipinski definition) is 2. The number of aromatic nitrogens is 2. The molecule has 1 heterocycles. The Balaban J connectivity index is 1.93. The number of hydrogen-bond donors (Lipinski definition) is 1. The van der Waals surface area contributed by atoms with E-state index < -0.39 is 5.60 Å². The highest BCUT2D eigenvalue weighted by Gasteiger charge is 2.34. The normalized spacial score (nSPS) is 29.8. The van der Waals surface area contributed by atoms with Gasteiger partial charge in [0.25, 0.3) is 0 Å². The van der Waals surface area contributed by atoms with Gasteiger partial charge in [0, 0.05) is 19.7 Å². The van der Waals surface area contributed by atoms with Crippen LogP contribution in [-0.4, -0.2) is 20.5 Å². The van der Waals surface area contributed by atoms with Crippen LogP contribution in [0, 0.1) is 11.8 Å². The van der Waals surface area contributed by atoms with Crippen LogP contribution in [0.5, 0.6) is 0 Å². The molecule has 0 bridgehead atoms. The van der Waals surface area contributed by atoms with Gasteiger partial charge in [-0.25, -0.2) is 0 Å². The lowest BCUT2D eigenvalue weighted by Gasteiger charge is -2.37. The summed E-state index contributed by atoms with van der Waals surface area (Å²) in [7, 11) is 1.92. The van der Waals surface area contributed by atoms with E-state index >= 15 is 0 Å². The first-order chi connectivity index (χ1) is 7.98. The number of rotatable bonds is 3. The molecule has 0 aromatic carbocycles. The van der Waals surface area contributed by atoms with Crippen LogP contribution in [0.3, 0.4) is 0 Å². The van der Waals surface area contributed by atoms with Crippen LogP contribution in [0.4, 0.5) is 0 Å². The molecule has 1 N–H and O–H groups in total. The van der Waals surface area contributed by atoms with E-state index in [-0.39, 0.29) is 0 Å². The quantitative estimate of drug-likeness (QED) is 0.875. The molecule has 96 valence electrons. The molecule has 3 nitrogen and oxygen atoms in total. The van der Waals surface area contributed by atoms with Gasteiger partial charge in [-0.05, 0) is 43.1 Å². The summed E-state index contributed by atoms with van der Waals surface area (Å²) in [4.78, 5) is 0. The third-order valence-corrected chi connectivity index (χ3v) is 4.20. The van der Waals surface area contributed by atoms with Gasteiger partial charge in [0.1, 0.15) is 0 Å². The van der Waals surface area contributed by atoms with Gasteiger partial charge in [-0.2, -0.15) is 5.10 Å². The van der Waals surface area contributed by atoms with Crippen LogP contribution in [0.25, 0.3) is 0 Å². The molecule has 0 spiro atoms. The van der Waals surface area contributed by atoms with Crippen LogP contribution in [0.1, 0.15) is 45.1 Å². The van der Waals surface area contributed by atoms with Crippen LogP contribution in [-0.2, 0) is 13.5 Å². The Morgan fingerprint density at radius 2 is 2.12 bits per heavy atom. The maximum absolute atomic E-state index is 10.6. The van der Waals surface area contributed by atoms with Gasteiger partial charge in [-0.3, -0.25) is 4.68 Å². The first kappa shape index (κ1) is 12.6. The Labute approximate surface area is 104 Å². The van der Waals surface area contributed by atoms with Crippen molar-refractivity contribution >= 4 is 0 Å². The second-order valence-electron chi connectivity index (χ2n) is 6.00. The van der Waals surface area contributed by atoms with Crippen LogP contribution in [0.15, 0.2) is 12.4 Å². The van der Waals surface area contributed by atoms with E-state index in [1.54, 1.807) is 4.68 Å². The molecule has 1 saturated carbocycles. The van der Waals surface area contributed by atoms with E-state index in [4.69, 9.17) is 0 Å². The van der Waals surface area contributed by atoms with Gasteiger partial charge in [-0.1, -0.05) is 13.8 Å². The Morgan fingerprint density at radius 3 is 2.59 bits per heavy atom. The molecule has 0 unspecified atom stereocenters. The van der Waals surface area contributed by atoms with Gasteiger partial charge in [0.05, 0.1) is 11.8 Å². The Kier molecular flexibility index (Phi) is 3.57. The van der Waals surface area contributed by atoms with Crippen molar-refractivity contribution in [3.8, 4) is 0 Å². The highest BCUT2D eigenvalue weighted by atomic mass is 16.3. The smallest absolute Gasteiger partial charge is 0.0689 e. The lowest BCUT2D eigenvalue weighted by atomic mass is 9.73. The maximum atomic E-state index is 10.6. The molecule has 0 radical (unpaired) electrons. The molecular weight excluding hydrogens is 212 g/mol. The molecule has 1 aliphatic carbocycles. The fraction of sp³-hybridized carbons (Fsp3) is 0.786. The average Bonchev–Trinajstić information content (AvgIpc) is 2.63. The molecule has 3 heteroatoms. The zero-order chi connectivity index (χ0) is 12.5. The minimum absolute atomic E-state index is 0.492. The summed E-state index contributed by atoms with van der Waals surface area (Å²) in [5, 5.41) is 14.8. The van der Waals surface area contributed by atoms with Gasteiger partial charge < -0.3 is 5.11 Å². The minimum atomic E-state index is -0.492. The summed E-state index contributed by atoms with van der Waals surface area (Å²) in [5.74, 6) is 1.54. The molecule has 0 atom stereocenters. The molecule has 1 aliphatic rings. The van der Waals surface area contributed by atoms with Gasteiger partial charge >= 0.3 is 0 Å². The molecule has 2 rings (SSSR count). The van der Waals surface area contributed by atoms with Crippen molar-refractivity contribution in [1.82, 2.24) is 9.78 Å². The zero-order valence-corrected chi connectivity index (χ0v) is 11.2. The molecule has 0 saturated heterocycles. The first-order valence-corrected chi connectivity index (χ1v) is 6.68. The van der Waals surface area contributed by atoms with Crippen molar-refractivity contribution in [2.24, 2.45) is 18.9 Å². The molecule has 1 aromatic heterocycles. The van der Waals surface area contributed by atoms with Crippen molar-refractivity contribution in [3.05, 3.63) is 18.0 Å². The molecule has 0 aliphatic heterocycles. The predicted octanol–water partition coefficient (Wildman–Crippen LogP) is 2.54. The Bertz CT molecular complexity index is 362. The monoisotopic (exact) mass is 236 g/mol. The van der Waals surface area contributed by atoms with Crippen molar-refractivity contribution in [1.29, 1.82) is 0 Å². The largest absolute Gasteiger partial charge is 0.390 e. The van der Waals surface area contributed by atoms with E-state index in [2.05, 4.69) is 18.9 Å². The summed E-state index contributed by atoms with van der Waals surface area (Å²) < 4.78 is 1.80. The maximum Gasteiger partial charge on any atom is 0.0689 e. The molecule has 1 aromatic rings. The lowest BCUT2D eigenvalue weighted by Crippen LogP contribution is -2.37. The Morgan fingerprint density at radius 1 is 1.47 bits per heavy atom. The summed E-state index contributed by atoms with van der Waals surface area (Å²) in [6, 6.07) is 0. The second-order valence-corrected chi connectivity index (χ2v) is 6.00. The third kappa shape index (κ3) is 3.09. The van der Waals surface area contributed by atoms with Crippen LogP contribution in [0.2, 0.25) is 0 Å². The first-order valence-electron chi connectivity index (χ1n) is 6.68. The second kappa shape index (κ2) is 4.81. The van der Waals surface area contributed by atoms with Crippen molar-refractivity contribution in [2.45, 2.75) is 51.6 Å². The molecule has 1 fully saturated rings. The topological polar surface area (TPSA) is 38.1 Å². The zero-order valence-electron chi connectivity index (χ0n) is 11.2. The molecule has 0 amide bonds.